The molecule has 1 atom stereocenters. The Kier molecular flexibility index (Phi) is 5.64. The van der Waals surface area contributed by atoms with E-state index >= 15 is 0 Å². The van der Waals surface area contributed by atoms with Crippen molar-refractivity contribution in [2.75, 3.05) is 6.61 Å². The molecule has 1 aliphatic rings. The van der Waals surface area contributed by atoms with Crippen molar-refractivity contribution in [3.8, 4) is 0 Å². The highest BCUT2D eigenvalue weighted by molar-refractivity contribution is 7.10. The smallest absolute Gasteiger partial charge is 0.309 e. The zero-order chi connectivity index (χ0) is 16.8. The van der Waals surface area contributed by atoms with Crippen LogP contribution in [-0.2, 0) is 14.3 Å². The lowest BCUT2D eigenvalue weighted by molar-refractivity contribution is -0.152. The number of thiophene rings is 1. The summed E-state index contributed by atoms with van der Waals surface area (Å²) in [5, 5.41) is 4.96. The molecule has 0 radical (unpaired) electrons. The molecule has 1 aromatic heterocycles. The zero-order valence-corrected chi connectivity index (χ0v) is 14.3. The number of benzene rings is 1. The molecule has 24 heavy (non-hydrogen) atoms. The van der Waals surface area contributed by atoms with Crippen LogP contribution < -0.4 is 5.32 Å². The van der Waals surface area contributed by atoms with Gasteiger partial charge in [0.1, 0.15) is 0 Å². The second kappa shape index (κ2) is 8.11. The van der Waals surface area contributed by atoms with E-state index in [0.717, 1.165) is 36.1 Å². The Morgan fingerprint density at radius 2 is 1.88 bits per heavy atom. The monoisotopic (exact) mass is 343 g/mol. The van der Waals surface area contributed by atoms with Gasteiger partial charge in [-0.25, -0.2) is 0 Å². The van der Waals surface area contributed by atoms with E-state index < -0.39 is 0 Å². The summed E-state index contributed by atoms with van der Waals surface area (Å²) in [6.07, 6.45) is 3.89. The van der Waals surface area contributed by atoms with Crippen molar-refractivity contribution in [2.24, 2.45) is 5.92 Å². The molecule has 2 aromatic rings. The van der Waals surface area contributed by atoms with Crippen molar-refractivity contribution in [3.05, 3.63) is 58.3 Å². The molecule has 0 unspecified atom stereocenters. The summed E-state index contributed by atoms with van der Waals surface area (Å²) in [6, 6.07) is 13.5. The van der Waals surface area contributed by atoms with Crippen molar-refractivity contribution in [1.82, 2.24) is 5.32 Å². The number of carbonyl (C=O) groups excluding carboxylic acids is 2. The van der Waals surface area contributed by atoms with Gasteiger partial charge in [0, 0.05) is 4.88 Å². The molecule has 1 aromatic carbocycles. The van der Waals surface area contributed by atoms with Gasteiger partial charge in [0.25, 0.3) is 5.91 Å². The molecule has 3 rings (SSSR count). The van der Waals surface area contributed by atoms with E-state index in [1.807, 2.05) is 47.8 Å². The van der Waals surface area contributed by atoms with Crippen LogP contribution in [0.3, 0.4) is 0 Å². The van der Waals surface area contributed by atoms with Gasteiger partial charge in [-0.1, -0.05) is 49.2 Å². The van der Waals surface area contributed by atoms with E-state index in [2.05, 4.69) is 5.32 Å². The van der Waals surface area contributed by atoms with Crippen molar-refractivity contribution in [3.63, 3.8) is 0 Å². The highest BCUT2D eigenvalue weighted by Crippen LogP contribution is 2.27. The van der Waals surface area contributed by atoms with E-state index in [4.69, 9.17) is 4.74 Å². The van der Waals surface area contributed by atoms with Crippen LogP contribution >= 0.6 is 11.3 Å². The molecule has 4 nitrogen and oxygen atoms in total. The van der Waals surface area contributed by atoms with Crippen LogP contribution in [0.5, 0.6) is 0 Å². The van der Waals surface area contributed by atoms with E-state index in [0.29, 0.717) is 0 Å². The molecule has 1 aliphatic carbocycles. The molecule has 0 saturated heterocycles. The molecule has 1 fully saturated rings. The van der Waals surface area contributed by atoms with E-state index in [1.165, 1.54) is 0 Å². The Labute approximate surface area is 145 Å². The molecule has 1 heterocycles. The molecular formula is C19H21NO3S. The van der Waals surface area contributed by atoms with Gasteiger partial charge in [0.15, 0.2) is 6.61 Å². The fourth-order valence-electron chi connectivity index (χ4n) is 3.04. The number of rotatable bonds is 6. The summed E-state index contributed by atoms with van der Waals surface area (Å²) in [6.45, 7) is -0.218. The van der Waals surface area contributed by atoms with Gasteiger partial charge in [-0.3, -0.25) is 9.59 Å². The highest BCUT2D eigenvalue weighted by atomic mass is 32.1. The van der Waals surface area contributed by atoms with E-state index in [-0.39, 0.29) is 30.4 Å². The van der Waals surface area contributed by atoms with Crippen LogP contribution in [0.25, 0.3) is 0 Å². The molecule has 1 amide bonds. The summed E-state index contributed by atoms with van der Waals surface area (Å²) < 4.78 is 5.19. The standard InChI is InChI=1S/C19H21NO3S/c21-17(13-23-19(22)15-9-4-5-10-15)20-18(16-11-6-12-24-16)14-7-2-1-3-8-14/h1-3,6-8,11-12,15,18H,4-5,9-10,13H2,(H,20,21)/t18-/m1/s1. The van der Waals surface area contributed by atoms with Crippen molar-refractivity contribution >= 4 is 23.2 Å². The van der Waals surface area contributed by atoms with Crippen LogP contribution in [0.4, 0.5) is 0 Å². The SMILES string of the molecule is O=C(COC(=O)C1CCCC1)N[C@H](c1ccccc1)c1cccs1. The minimum atomic E-state index is -0.274. The summed E-state index contributed by atoms with van der Waals surface area (Å²) in [5.74, 6) is -0.543. The topological polar surface area (TPSA) is 55.4 Å². The number of hydrogen-bond acceptors (Lipinski definition) is 4. The second-order valence-electron chi connectivity index (χ2n) is 6.02. The molecule has 5 heteroatoms. The maximum absolute atomic E-state index is 12.3. The molecule has 1 N–H and O–H groups in total. The van der Waals surface area contributed by atoms with Crippen molar-refractivity contribution in [1.29, 1.82) is 0 Å². The number of carbonyl (C=O) groups is 2. The normalized spacial score (nSPS) is 15.8. The van der Waals surface area contributed by atoms with Gasteiger partial charge in [-0.15, -0.1) is 11.3 Å². The van der Waals surface area contributed by atoms with Crippen molar-refractivity contribution in [2.45, 2.75) is 31.7 Å². The predicted octanol–water partition coefficient (Wildman–Crippen LogP) is 3.69. The first-order chi connectivity index (χ1) is 11.7. The van der Waals surface area contributed by atoms with E-state index in [1.54, 1.807) is 11.3 Å². The average molecular weight is 343 g/mol. The van der Waals surface area contributed by atoms with Gasteiger partial charge in [0.2, 0.25) is 0 Å². The van der Waals surface area contributed by atoms with E-state index in [9.17, 15) is 9.59 Å². The summed E-state index contributed by atoms with van der Waals surface area (Å²) >= 11 is 1.59. The first kappa shape index (κ1) is 16.7. The molecule has 0 bridgehead atoms. The third kappa shape index (κ3) is 4.23. The second-order valence-corrected chi connectivity index (χ2v) is 6.99. The highest BCUT2D eigenvalue weighted by Gasteiger charge is 2.25. The Hall–Kier alpha value is -2.14. The zero-order valence-electron chi connectivity index (χ0n) is 13.4. The van der Waals surface area contributed by atoms with Crippen LogP contribution in [0.15, 0.2) is 47.8 Å². The van der Waals surface area contributed by atoms with Crippen LogP contribution in [-0.4, -0.2) is 18.5 Å². The molecule has 126 valence electrons. The summed E-state index contributed by atoms with van der Waals surface area (Å²) in [5.41, 5.74) is 1.01. The lowest BCUT2D eigenvalue weighted by Gasteiger charge is -2.18. The number of esters is 1. The number of hydrogen-bond donors (Lipinski definition) is 1. The third-order valence-electron chi connectivity index (χ3n) is 4.30. The van der Waals surface area contributed by atoms with Gasteiger partial charge < -0.3 is 10.1 Å². The van der Waals surface area contributed by atoms with Gasteiger partial charge in [-0.05, 0) is 29.9 Å². The molecule has 0 spiro atoms. The maximum atomic E-state index is 12.3. The van der Waals surface area contributed by atoms with Gasteiger partial charge in [-0.2, -0.15) is 0 Å². The van der Waals surface area contributed by atoms with Crippen LogP contribution in [0.2, 0.25) is 0 Å². The van der Waals surface area contributed by atoms with Crippen LogP contribution in [0.1, 0.15) is 42.2 Å². The molecule has 0 aliphatic heterocycles. The minimum Gasteiger partial charge on any atom is -0.455 e. The molecule has 1 saturated carbocycles. The third-order valence-corrected chi connectivity index (χ3v) is 5.24. The largest absolute Gasteiger partial charge is 0.455 e. The Morgan fingerprint density at radius 1 is 1.12 bits per heavy atom. The summed E-state index contributed by atoms with van der Waals surface area (Å²) in [7, 11) is 0. The Morgan fingerprint density at radius 3 is 2.54 bits per heavy atom. The average Bonchev–Trinajstić information content (AvgIpc) is 3.31. The van der Waals surface area contributed by atoms with Crippen LogP contribution in [0, 0.1) is 5.92 Å². The Bertz CT molecular complexity index is 663. The first-order valence-corrected chi connectivity index (χ1v) is 9.16. The number of amides is 1. The quantitative estimate of drug-likeness (QED) is 0.814. The summed E-state index contributed by atoms with van der Waals surface area (Å²) in [4.78, 5) is 25.2. The predicted molar refractivity (Wildman–Crippen MR) is 93.7 cm³/mol. The lowest BCUT2D eigenvalue weighted by Crippen LogP contribution is -2.33. The minimum absolute atomic E-state index is 0.0278. The van der Waals surface area contributed by atoms with Crippen molar-refractivity contribution < 1.29 is 14.3 Å². The number of nitrogens with one attached hydrogen (secondary N) is 1. The van der Waals surface area contributed by atoms with Gasteiger partial charge in [0.05, 0.1) is 12.0 Å². The van der Waals surface area contributed by atoms with Gasteiger partial charge >= 0.3 is 5.97 Å². The fourth-order valence-corrected chi connectivity index (χ4v) is 3.84. The number of ether oxygens (including phenoxy) is 1. The first-order valence-electron chi connectivity index (χ1n) is 8.28. The maximum Gasteiger partial charge on any atom is 0.309 e. The molecular weight excluding hydrogens is 322 g/mol. The lowest BCUT2D eigenvalue weighted by atomic mass is 10.1. The Balaban J connectivity index is 1.60. The fraction of sp³-hybridized carbons (Fsp3) is 0.368.